The van der Waals surface area contributed by atoms with Gasteiger partial charge in [0.25, 0.3) is 0 Å². The number of cyclic esters (lactones) is 2. The molecule has 1 amide bonds. The van der Waals surface area contributed by atoms with Crippen LogP contribution < -0.4 is 0 Å². The van der Waals surface area contributed by atoms with Crippen LogP contribution >= 0.6 is 0 Å². The molecular weight excluding hydrogens is 202 g/mol. The first kappa shape index (κ1) is 9.20. The molecule has 6 nitrogen and oxygen atoms in total. The van der Waals surface area contributed by atoms with Crippen molar-refractivity contribution in [2.24, 2.45) is 5.18 Å². The van der Waals surface area contributed by atoms with Crippen LogP contribution in [0.2, 0.25) is 0 Å². The van der Waals surface area contributed by atoms with E-state index in [2.05, 4.69) is 9.91 Å². The van der Waals surface area contributed by atoms with E-state index in [0.29, 0.717) is 0 Å². The van der Waals surface area contributed by atoms with E-state index in [9.17, 15) is 19.3 Å². The van der Waals surface area contributed by atoms with Gasteiger partial charge in [-0.2, -0.15) is 0 Å². The quantitative estimate of drug-likeness (QED) is 0.386. The Labute approximate surface area is 82.8 Å². The van der Waals surface area contributed by atoms with Gasteiger partial charge in [-0.1, -0.05) is 0 Å². The van der Waals surface area contributed by atoms with Crippen LogP contribution in [0.15, 0.2) is 23.4 Å². The first-order valence-electron chi connectivity index (χ1n) is 3.91. The second-order valence-electron chi connectivity index (χ2n) is 2.83. The molecule has 1 aliphatic rings. The molecule has 0 radical (unpaired) electrons. The van der Waals surface area contributed by atoms with E-state index in [0.717, 1.165) is 6.07 Å². The highest BCUT2D eigenvalue weighted by molar-refractivity contribution is 6.15. The lowest BCUT2D eigenvalue weighted by atomic mass is 10.1. The Kier molecular flexibility index (Phi) is 1.89. The molecular formula is C9H3NO5. The highest BCUT2D eigenvalue weighted by Crippen LogP contribution is 2.21. The minimum Gasteiger partial charge on any atom is -0.386 e. The number of hydrogen-bond donors (Lipinski definition) is 0. The van der Waals surface area contributed by atoms with Crippen LogP contribution in [0.3, 0.4) is 0 Å². The topological polar surface area (TPSA) is 89.9 Å². The third-order valence-electron chi connectivity index (χ3n) is 1.97. The monoisotopic (exact) mass is 205 g/mol. The molecule has 0 unspecified atom stereocenters. The lowest BCUT2D eigenvalue weighted by Gasteiger charge is -1.94. The van der Waals surface area contributed by atoms with E-state index in [1.54, 1.807) is 0 Å². The van der Waals surface area contributed by atoms with Crippen molar-refractivity contribution in [3.05, 3.63) is 39.8 Å². The summed E-state index contributed by atoms with van der Waals surface area (Å²) < 4.78 is 4.30. The lowest BCUT2D eigenvalue weighted by Crippen LogP contribution is -1.98. The Hall–Kier alpha value is -2.37. The number of carbonyl (C=O) groups is 3. The summed E-state index contributed by atoms with van der Waals surface area (Å²) in [5.74, 6) is -2.58. The lowest BCUT2D eigenvalue weighted by molar-refractivity contribution is 0.0443. The molecule has 1 aliphatic heterocycles. The number of hydrogen-bond acceptors (Lipinski definition) is 5. The molecule has 0 aliphatic carbocycles. The number of ether oxygens (including phenoxy) is 1. The van der Waals surface area contributed by atoms with Crippen LogP contribution in [0.4, 0.5) is 0 Å². The maximum absolute atomic E-state index is 11.1. The van der Waals surface area contributed by atoms with Gasteiger partial charge in [0.05, 0.1) is 11.1 Å². The third kappa shape index (κ3) is 1.32. The molecule has 0 atom stereocenters. The molecule has 15 heavy (non-hydrogen) atoms. The zero-order valence-electron chi connectivity index (χ0n) is 7.22. The van der Waals surface area contributed by atoms with Gasteiger partial charge in [-0.15, -0.1) is 4.91 Å². The van der Waals surface area contributed by atoms with E-state index in [-0.39, 0.29) is 16.7 Å². The van der Waals surface area contributed by atoms with Gasteiger partial charge in [0.1, 0.15) is 0 Å². The van der Waals surface area contributed by atoms with Gasteiger partial charge in [-0.05, 0) is 18.2 Å². The summed E-state index contributed by atoms with van der Waals surface area (Å²) in [6.45, 7) is 0. The SMILES string of the molecule is O=NC(=O)c1ccc2c(c1)C(=O)OC2=O. The van der Waals surface area contributed by atoms with Crippen molar-refractivity contribution in [3.8, 4) is 0 Å². The molecule has 0 bridgehead atoms. The summed E-state index contributed by atoms with van der Waals surface area (Å²) in [7, 11) is 0. The molecule has 1 heterocycles. The van der Waals surface area contributed by atoms with Gasteiger partial charge >= 0.3 is 17.8 Å². The molecule has 0 fully saturated rings. The number of rotatable bonds is 1. The Balaban J connectivity index is 2.56. The Morgan fingerprint density at radius 1 is 1.13 bits per heavy atom. The Morgan fingerprint density at radius 3 is 2.47 bits per heavy atom. The van der Waals surface area contributed by atoms with E-state index >= 15 is 0 Å². The molecule has 0 spiro atoms. The van der Waals surface area contributed by atoms with Crippen LogP contribution in [0.5, 0.6) is 0 Å². The minimum atomic E-state index is -0.995. The number of benzene rings is 1. The first-order chi connectivity index (χ1) is 7.13. The van der Waals surface area contributed by atoms with Crippen LogP contribution in [-0.2, 0) is 4.74 Å². The van der Waals surface area contributed by atoms with Crippen molar-refractivity contribution in [1.29, 1.82) is 0 Å². The summed E-state index contributed by atoms with van der Waals surface area (Å²) in [4.78, 5) is 42.9. The second kappa shape index (κ2) is 3.09. The van der Waals surface area contributed by atoms with Crippen LogP contribution in [0.1, 0.15) is 31.1 Å². The van der Waals surface area contributed by atoms with Gasteiger partial charge in [0.15, 0.2) is 0 Å². The van der Waals surface area contributed by atoms with Crippen LogP contribution in [0.25, 0.3) is 0 Å². The maximum atomic E-state index is 11.1. The van der Waals surface area contributed by atoms with Crippen molar-refractivity contribution in [2.45, 2.75) is 0 Å². The minimum absolute atomic E-state index is 0.0190. The largest absolute Gasteiger partial charge is 0.386 e. The van der Waals surface area contributed by atoms with Crippen molar-refractivity contribution < 1.29 is 19.1 Å². The Morgan fingerprint density at radius 2 is 1.80 bits per heavy atom. The second-order valence-corrected chi connectivity index (χ2v) is 2.83. The van der Waals surface area contributed by atoms with E-state index in [1.165, 1.54) is 12.1 Å². The molecule has 2 rings (SSSR count). The normalized spacial score (nSPS) is 13.3. The van der Waals surface area contributed by atoms with Crippen molar-refractivity contribution in [2.75, 3.05) is 0 Å². The highest BCUT2D eigenvalue weighted by atomic mass is 16.6. The van der Waals surface area contributed by atoms with Gasteiger partial charge < -0.3 is 4.74 Å². The predicted molar refractivity (Wildman–Crippen MR) is 46.3 cm³/mol. The van der Waals surface area contributed by atoms with Crippen molar-refractivity contribution in [1.82, 2.24) is 0 Å². The van der Waals surface area contributed by atoms with Crippen molar-refractivity contribution >= 4 is 17.8 Å². The predicted octanol–water partition coefficient (Wildman–Crippen LogP) is 0.904. The van der Waals surface area contributed by atoms with Gasteiger partial charge in [-0.25, -0.2) is 9.59 Å². The van der Waals surface area contributed by atoms with E-state index < -0.39 is 17.8 Å². The van der Waals surface area contributed by atoms with Crippen LogP contribution in [0, 0.1) is 4.91 Å². The highest BCUT2D eigenvalue weighted by Gasteiger charge is 2.30. The Bertz CT molecular complexity index is 505. The zero-order valence-corrected chi connectivity index (χ0v) is 7.22. The summed E-state index contributed by atoms with van der Waals surface area (Å²) >= 11 is 0. The fraction of sp³-hybridized carbons (Fsp3) is 0. The average Bonchev–Trinajstić information content (AvgIpc) is 2.53. The first-order valence-corrected chi connectivity index (χ1v) is 3.91. The number of fused-ring (bicyclic) bond motifs is 1. The standard InChI is InChI=1S/C9H3NO5/c11-7(10-14)4-1-2-5-6(3-4)9(13)15-8(5)12/h1-3H. The number of esters is 2. The van der Waals surface area contributed by atoms with Gasteiger partial charge in [0, 0.05) is 10.7 Å². The molecule has 74 valence electrons. The number of carbonyl (C=O) groups excluding carboxylic acids is 3. The molecule has 0 N–H and O–H groups in total. The smallest absolute Gasteiger partial charge is 0.346 e. The number of amides is 1. The fourth-order valence-corrected chi connectivity index (χ4v) is 1.27. The zero-order chi connectivity index (χ0) is 11.0. The molecule has 6 heteroatoms. The third-order valence-corrected chi connectivity index (χ3v) is 1.97. The number of nitrogens with zero attached hydrogens (tertiary/aromatic N) is 1. The van der Waals surface area contributed by atoms with E-state index in [1.807, 2.05) is 0 Å². The average molecular weight is 205 g/mol. The van der Waals surface area contributed by atoms with Crippen molar-refractivity contribution in [3.63, 3.8) is 0 Å². The maximum Gasteiger partial charge on any atom is 0.346 e. The molecule has 0 saturated carbocycles. The molecule has 1 aromatic rings. The summed E-state index contributed by atoms with van der Waals surface area (Å²) in [6, 6.07) is 3.61. The summed E-state index contributed by atoms with van der Waals surface area (Å²) in [6.07, 6.45) is 0. The fourth-order valence-electron chi connectivity index (χ4n) is 1.27. The van der Waals surface area contributed by atoms with E-state index in [4.69, 9.17) is 0 Å². The summed E-state index contributed by atoms with van der Waals surface area (Å²) in [5.41, 5.74) is 0.0207. The van der Waals surface area contributed by atoms with Gasteiger partial charge in [0.2, 0.25) is 0 Å². The molecule has 1 aromatic carbocycles. The van der Waals surface area contributed by atoms with Gasteiger partial charge in [-0.3, -0.25) is 4.79 Å². The molecule has 0 aromatic heterocycles. The summed E-state index contributed by atoms with van der Waals surface area (Å²) in [5, 5.41) is 2.20. The molecule has 0 saturated heterocycles. The number of nitroso groups, excluding NO2 is 1. The van der Waals surface area contributed by atoms with Crippen LogP contribution in [-0.4, -0.2) is 17.8 Å².